The van der Waals surface area contributed by atoms with E-state index in [-0.39, 0.29) is 6.10 Å². The van der Waals surface area contributed by atoms with Crippen molar-refractivity contribution in [2.45, 2.75) is 39.0 Å². The molecule has 0 spiro atoms. The highest BCUT2D eigenvalue weighted by Crippen LogP contribution is 2.07. The van der Waals surface area contributed by atoms with Gasteiger partial charge in [0.05, 0.1) is 12.3 Å². The lowest BCUT2D eigenvalue weighted by atomic mass is 10.1. The van der Waals surface area contributed by atoms with E-state index in [4.69, 9.17) is 4.74 Å². The van der Waals surface area contributed by atoms with Gasteiger partial charge >= 0.3 is 0 Å². The highest BCUT2D eigenvalue weighted by Gasteiger charge is 2.15. The zero-order chi connectivity index (χ0) is 11.3. The van der Waals surface area contributed by atoms with E-state index in [0.29, 0.717) is 6.04 Å². The Labute approximate surface area is 91.6 Å². The third-order valence-corrected chi connectivity index (χ3v) is 2.78. The Balaban J connectivity index is 2.58. The minimum Gasteiger partial charge on any atom is -0.380 e. The summed E-state index contributed by atoms with van der Waals surface area (Å²) in [6.07, 6.45) is 5.18. The van der Waals surface area contributed by atoms with Crippen LogP contribution in [0.4, 0.5) is 0 Å². The number of rotatable bonds is 6. The Bertz CT molecular complexity index is 285. The molecule has 0 aromatic carbocycles. The van der Waals surface area contributed by atoms with Crippen LogP contribution >= 0.6 is 0 Å². The summed E-state index contributed by atoms with van der Waals surface area (Å²) in [5.74, 6) is 0. The number of hydrogen-bond donors (Lipinski definition) is 1. The highest BCUT2D eigenvalue weighted by atomic mass is 16.5. The van der Waals surface area contributed by atoms with Crippen LogP contribution in [0, 0.1) is 0 Å². The molecule has 1 aromatic heterocycles. The van der Waals surface area contributed by atoms with Gasteiger partial charge in [0.1, 0.15) is 0 Å². The molecule has 2 unspecified atom stereocenters. The van der Waals surface area contributed by atoms with Crippen molar-refractivity contribution in [2.75, 3.05) is 14.2 Å². The first kappa shape index (κ1) is 12.2. The number of methoxy groups -OCH3 is 1. The van der Waals surface area contributed by atoms with Crippen molar-refractivity contribution in [1.29, 1.82) is 0 Å². The van der Waals surface area contributed by atoms with Crippen LogP contribution in [0.2, 0.25) is 0 Å². The second-order valence-electron chi connectivity index (χ2n) is 3.74. The number of nitrogens with one attached hydrogen (secondary N) is 1. The van der Waals surface area contributed by atoms with Crippen LogP contribution in [-0.4, -0.2) is 36.1 Å². The Hall–Kier alpha value is -0.870. The quantitative estimate of drug-likeness (QED) is 0.765. The summed E-state index contributed by atoms with van der Waals surface area (Å²) in [4.78, 5) is 0. The summed E-state index contributed by atoms with van der Waals surface area (Å²) < 4.78 is 7.26. The topological polar surface area (TPSA) is 39.1 Å². The smallest absolute Gasteiger partial charge is 0.0699 e. The minimum absolute atomic E-state index is 0.208. The maximum absolute atomic E-state index is 5.32. The number of aryl methyl sites for hydroxylation is 1. The summed E-state index contributed by atoms with van der Waals surface area (Å²) in [5.41, 5.74) is 1.25. The molecule has 0 amide bonds. The van der Waals surface area contributed by atoms with Gasteiger partial charge in [-0.3, -0.25) is 4.68 Å². The monoisotopic (exact) mass is 211 g/mol. The molecule has 86 valence electrons. The molecule has 1 rings (SSSR count). The normalized spacial score (nSPS) is 15.2. The van der Waals surface area contributed by atoms with Gasteiger partial charge in [-0.15, -0.1) is 0 Å². The molecule has 1 N–H and O–H groups in total. The standard InChI is InChI=1S/C11H21N3O/c1-5-14-8-10(7-13-14)6-11(12-3)9(2)15-4/h7-9,11-12H,5-6H2,1-4H3. The lowest BCUT2D eigenvalue weighted by Crippen LogP contribution is -2.38. The van der Waals surface area contributed by atoms with Crippen LogP contribution in [0.5, 0.6) is 0 Å². The van der Waals surface area contributed by atoms with Crippen molar-refractivity contribution in [3.05, 3.63) is 18.0 Å². The molecule has 0 aliphatic rings. The maximum atomic E-state index is 5.32. The van der Waals surface area contributed by atoms with E-state index < -0.39 is 0 Å². The van der Waals surface area contributed by atoms with Gasteiger partial charge in [-0.05, 0) is 32.9 Å². The van der Waals surface area contributed by atoms with Crippen molar-refractivity contribution in [2.24, 2.45) is 0 Å². The van der Waals surface area contributed by atoms with Gasteiger partial charge in [0.25, 0.3) is 0 Å². The third-order valence-electron chi connectivity index (χ3n) is 2.78. The second-order valence-corrected chi connectivity index (χ2v) is 3.74. The Morgan fingerprint density at radius 2 is 2.33 bits per heavy atom. The summed E-state index contributed by atoms with van der Waals surface area (Å²) in [5, 5.41) is 7.52. The maximum Gasteiger partial charge on any atom is 0.0699 e. The average molecular weight is 211 g/mol. The van der Waals surface area contributed by atoms with E-state index in [1.54, 1.807) is 7.11 Å². The Kier molecular flexibility index (Phi) is 4.78. The molecule has 0 saturated heterocycles. The highest BCUT2D eigenvalue weighted by molar-refractivity contribution is 5.06. The number of nitrogens with zero attached hydrogens (tertiary/aromatic N) is 2. The van der Waals surface area contributed by atoms with E-state index >= 15 is 0 Å². The van der Waals surface area contributed by atoms with Gasteiger partial charge in [-0.2, -0.15) is 5.10 Å². The van der Waals surface area contributed by atoms with Crippen LogP contribution in [-0.2, 0) is 17.7 Å². The first-order valence-electron chi connectivity index (χ1n) is 5.42. The molecule has 0 saturated carbocycles. The first-order valence-corrected chi connectivity index (χ1v) is 5.42. The summed E-state index contributed by atoms with van der Waals surface area (Å²) in [6.45, 7) is 5.08. The predicted octanol–water partition coefficient (Wildman–Crippen LogP) is 1.07. The van der Waals surface area contributed by atoms with Crippen molar-refractivity contribution in [3.63, 3.8) is 0 Å². The number of hydrogen-bond acceptors (Lipinski definition) is 3. The molecular formula is C11H21N3O. The fourth-order valence-electron chi connectivity index (χ4n) is 1.61. The second kappa shape index (κ2) is 5.88. The van der Waals surface area contributed by atoms with Crippen LogP contribution < -0.4 is 5.32 Å². The molecule has 1 aromatic rings. The molecule has 0 radical (unpaired) electrons. The SMILES string of the molecule is CCn1cc(CC(NC)C(C)OC)cn1. The summed E-state index contributed by atoms with van der Waals surface area (Å²) >= 11 is 0. The zero-order valence-corrected chi connectivity index (χ0v) is 10.0. The fraction of sp³-hybridized carbons (Fsp3) is 0.727. The van der Waals surface area contributed by atoms with E-state index in [1.165, 1.54) is 5.56 Å². The lowest BCUT2D eigenvalue weighted by Gasteiger charge is -2.21. The molecular weight excluding hydrogens is 190 g/mol. The Morgan fingerprint density at radius 1 is 1.60 bits per heavy atom. The van der Waals surface area contributed by atoms with E-state index in [1.807, 2.05) is 17.9 Å². The van der Waals surface area contributed by atoms with Gasteiger partial charge in [0.2, 0.25) is 0 Å². The average Bonchev–Trinajstić information content (AvgIpc) is 2.72. The molecule has 2 atom stereocenters. The van der Waals surface area contributed by atoms with Crippen molar-refractivity contribution < 1.29 is 4.74 Å². The molecule has 0 fully saturated rings. The van der Waals surface area contributed by atoms with Crippen LogP contribution in [0.15, 0.2) is 12.4 Å². The predicted molar refractivity (Wildman–Crippen MR) is 60.9 cm³/mol. The summed E-state index contributed by atoms with van der Waals surface area (Å²) in [7, 11) is 3.70. The summed E-state index contributed by atoms with van der Waals surface area (Å²) in [6, 6.07) is 0.338. The molecule has 0 bridgehead atoms. The molecule has 0 aliphatic heterocycles. The number of ether oxygens (including phenoxy) is 1. The van der Waals surface area contributed by atoms with Gasteiger partial charge < -0.3 is 10.1 Å². The van der Waals surface area contributed by atoms with Gasteiger partial charge in [0.15, 0.2) is 0 Å². The lowest BCUT2D eigenvalue weighted by molar-refractivity contribution is 0.0857. The molecule has 4 heteroatoms. The molecule has 15 heavy (non-hydrogen) atoms. The largest absolute Gasteiger partial charge is 0.380 e. The molecule has 4 nitrogen and oxygen atoms in total. The molecule has 1 heterocycles. The van der Waals surface area contributed by atoms with Gasteiger partial charge in [0, 0.05) is 25.9 Å². The van der Waals surface area contributed by atoms with Crippen LogP contribution in [0.1, 0.15) is 19.4 Å². The van der Waals surface area contributed by atoms with Crippen LogP contribution in [0.25, 0.3) is 0 Å². The van der Waals surface area contributed by atoms with Crippen molar-refractivity contribution in [3.8, 4) is 0 Å². The number of likely N-dealkylation sites (N-methyl/N-ethyl adjacent to an activating group) is 1. The van der Waals surface area contributed by atoms with Gasteiger partial charge in [-0.25, -0.2) is 0 Å². The first-order chi connectivity index (χ1) is 7.21. The fourth-order valence-corrected chi connectivity index (χ4v) is 1.61. The van der Waals surface area contributed by atoms with Crippen molar-refractivity contribution >= 4 is 0 Å². The van der Waals surface area contributed by atoms with E-state index in [9.17, 15) is 0 Å². The zero-order valence-electron chi connectivity index (χ0n) is 10.0. The van der Waals surface area contributed by atoms with E-state index in [0.717, 1.165) is 13.0 Å². The van der Waals surface area contributed by atoms with Crippen molar-refractivity contribution in [1.82, 2.24) is 15.1 Å². The van der Waals surface area contributed by atoms with Gasteiger partial charge in [-0.1, -0.05) is 0 Å². The van der Waals surface area contributed by atoms with E-state index in [2.05, 4.69) is 30.5 Å². The molecule has 0 aliphatic carbocycles. The number of aromatic nitrogens is 2. The minimum atomic E-state index is 0.208. The van der Waals surface area contributed by atoms with Crippen LogP contribution in [0.3, 0.4) is 0 Å². The Morgan fingerprint density at radius 3 is 2.80 bits per heavy atom. The third kappa shape index (κ3) is 3.32.